The zero-order chi connectivity index (χ0) is 20.1. The maximum Gasteiger partial charge on any atom is 0.416 e. The lowest BCUT2D eigenvalue weighted by atomic mass is 10.0. The monoisotopic (exact) mass is 386 g/mol. The largest absolute Gasteiger partial charge is 0.459 e. The number of unbranched alkanes of at least 4 members (excludes halogenated alkanes) is 8. The Hall–Kier alpha value is -1.52. The average molecular weight is 386 g/mol. The van der Waals surface area contributed by atoms with E-state index in [1.54, 1.807) is 0 Å². The van der Waals surface area contributed by atoms with Crippen LogP contribution in [0.3, 0.4) is 0 Å². The SMILES string of the molecule is CCCCCCCCCCCC(CC)OC(=O)c1cccc(C(F)(F)F)c1. The van der Waals surface area contributed by atoms with Gasteiger partial charge >= 0.3 is 12.1 Å². The first-order valence-corrected chi connectivity index (χ1v) is 10.3. The molecule has 5 heteroatoms. The van der Waals surface area contributed by atoms with Crippen molar-refractivity contribution in [1.82, 2.24) is 0 Å². The molecule has 0 aliphatic heterocycles. The highest BCUT2D eigenvalue weighted by Gasteiger charge is 2.31. The number of carbonyl (C=O) groups excluding carboxylic acids is 1. The van der Waals surface area contributed by atoms with E-state index in [2.05, 4.69) is 6.92 Å². The Balaban J connectivity index is 2.31. The summed E-state index contributed by atoms with van der Waals surface area (Å²) in [5.74, 6) is -0.677. The van der Waals surface area contributed by atoms with Crippen molar-refractivity contribution < 1.29 is 22.7 Å². The van der Waals surface area contributed by atoms with E-state index < -0.39 is 17.7 Å². The minimum atomic E-state index is -4.46. The maximum atomic E-state index is 12.8. The van der Waals surface area contributed by atoms with Crippen LogP contribution in [-0.2, 0) is 10.9 Å². The van der Waals surface area contributed by atoms with Crippen molar-refractivity contribution in [3.05, 3.63) is 35.4 Å². The second-order valence-electron chi connectivity index (χ2n) is 7.13. The van der Waals surface area contributed by atoms with E-state index in [1.807, 2.05) is 6.92 Å². The van der Waals surface area contributed by atoms with Crippen LogP contribution < -0.4 is 0 Å². The van der Waals surface area contributed by atoms with Crippen molar-refractivity contribution in [1.29, 1.82) is 0 Å². The number of alkyl halides is 3. The fraction of sp³-hybridized carbons (Fsp3) is 0.682. The number of hydrogen-bond donors (Lipinski definition) is 0. The molecule has 0 fully saturated rings. The first-order chi connectivity index (χ1) is 12.9. The van der Waals surface area contributed by atoms with Gasteiger partial charge in [0.1, 0.15) is 6.10 Å². The standard InChI is InChI=1S/C22H33F3O2/c1-3-5-6-7-8-9-10-11-12-16-20(4-2)27-21(26)18-14-13-15-19(17-18)22(23,24)25/h13-15,17,20H,3-12,16H2,1-2H3. The number of ether oxygens (including phenoxy) is 1. The second-order valence-corrected chi connectivity index (χ2v) is 7.13. The molecule has 1 aromatic rings. The number of hydrogen-bond acceptors (Lipinski definition) is 2. The molecule has 0 saturated carbocycles. The highest BCUT2D eigenvalue weighted by atomic mass is 19.4. The summed E-state index contributed by atoms with van der Waals surface area (Å²) in [7, 11) is 0. The van der Waals surface area contributed by atoms with Crippen molar-refractivity contribution >= 4 is 5.97 Å². The Morgan fingerprint density at radius 2 is 1.56 bits per heavy atom. The Bertz CT molecular complexity index is 541. The molecule has 0 heterocycles. The van der Waals surface area contributed by atoms with Gasteiger partial charge in [0.05, 0.1) is 11.1 Å². The molecule has 2 nitrogen and oxygen atoms in total. The zero-order valence-corrected chi connectivity index (χ0v) is 16.6. The van der Waals surface area contributed by atoms with E-state index in [0.29, 0.717) is 6.42 Å². The fourth-order valence-electron chi connectivity index (χ4n) is 3.07. The van der Waals surface area contributed by atoms with E-state index in [9.17, 15) is 18.0 Å². The van der Waals surface area contributed by atoms with Gasteiger partial charge in [-0.15, -0.1) is 0 Å². The summed E-state index contributed by atoms with van der Waals surface area (Å²) in [5, 5.41) is 0. The third-order valence-corrected chi connectivity index (χ3v) is 4.78. The molecule has 0 N–H and O–H groups in total. The molecule has 1 aromatic carbocycles. The number of carbonyl (C=O) groups is 1. The molecule has 154 valence electrons. The second kappa shape index (κ2) is 12.8. The van der Waals surface area contributed by atoms with Crippen molar-refractivity contribution in [3.8, 4) is 0 Å². The lowest BCUT2D eigenvalue weighted by Gasteiger charge is -2.16. The van der Waals surface area contributed by atoms with E-state index in [-0.39, 0.29) is 11.7 Å². The van der Waals surface area contributed by atoms with Gasteiger partial charge < -0.3 is 4.74 Å². The number of benzene rings is 1. The number of rotatable bonds is 13. The summed E-state index contributed by atoms with van der Waals surface area (Å²) in [6, 6.07) is 4.41. The van der Waals surface area contributed by atoms with Crippen molar-refractivity contribution in [3.63, 3.8) is 0 Å². The molecule has 0 aliphatic rings. The Morgan fingerprint density at radius 1 is 0.963 bits per heavy atom. The third kappa shape index (κ3) is 9.83. The minimum absolute atomic E-state index is 0.0460. The summed E-state index contributed by atoms with van der Waals surface area (Å²) in [6.07, 6.45) is 7.71. The lowest BCUT2D eigenvalue weighted by Crippen LogP contribution is -2.18. The highest BCUT2D eigenvalue weighted by Crippen LogP contribution is 2.29. The molecule has 1 rings (SSSR count). The first kappa shape index (κ1) is 23.5. The molecular formula is C22H33F3O2. The van der Waals surface area contributed by atoms with Gasteiger partial charge in [-0.3, -0.25) is 0 Å². The van der Waals surface area contributed by atoms with Crippen LogP contribution in [-0.4, -0.2) is 12.1 Å². The van der Waals surface area contributed by atoms with Crippen LogP contribution >= 0.6 is 0 Å². The van der Waals surface area contributed by atoms with Crippen LogP contribution in [0.25, 0.3) is 0 Å². The van der Waals surface area contributed by atoms with E-state index in [4.69, 9.17) is 4.74 Å². The minimum Gasteiger partial charge on any atom is -0.459 e. The Morgan fingerprint density at radius 3 is 2.11 bits per heavy atom. The van der Waals surface area contributed by atoms with Crippen LogP contribution in [0.1, 0.15) is 100 Å². The van der Waals surface area contributed by atoms with Crippen LogP contribution in [0.15, 0.2) is 24.3 Å². The summed E-state index contributed by atoms with van der Waals surface area (Å²) >= 11 is 0. The lowest BCUT2D eigenvalue weighted by molar-refractivity contribution is -0.137. The van der Waals surface area contributed by atoms with Crippen LogP contribution in [0.5, 0.6) is 0 Å². The highest BCUT2D eigenvalue weighted by molar-refractivity contribution is 5.89. The van der Waals surface area contributed by atoms with Crippen molar-refractivity contribution in [2.24, 2.45) is 0 Å². The van der Waals surface area contributed by atoms with E-state index in [0.717, 1.165) is 31.4 Å². The van der Waals surface area contributed by atoms with Gasteiger partial charge in [-0.2, -0.15) is 13.2 Å². The third-order valence-electron chi connectivity index (χ3n) is 4.78. The molecule has 0 bridgehead atoms. The molecule has 0 aromatic heterocycles. The zero-order valence-electron chi connectivity index (χ0n) is 16.6. The first-order valence-electron chi connectivity index (χ1n) is 10.3. The van der Waals surface area contributed by atoms with E-state index in [1.165, 1.54) is 57.1 Å². The van der Waals surface area contributed by atoms with Crippen molar-refractivity contribution in [2.75, 3.05) is 0 Å². The normalized spacial score (nSPS) is 12.8. The van der Waals surface area contributed by atoms with Gasteiger partial charge in [-0.1, -0.05) is 71.3 Å². The molecule has 0 spiro atoms. The maximum absolute atomic E-state index is 12.8. The predicted molar refractivity (Wildman–Crippen MR) is 103 cm³/mol. The van der Waals surface area contributed by atoms with Gasteiger partial charge in [0.25, 0.3) is 0 Å². The van der Waals surface area contributed by atoms with Gasteiger partial charge in [0.15, 0.2) is 0 Å². The molecule has 27 heavy (non-hydrogen) atoms. The summed E-state index contributed by atoms with van der Waals surface area (Å²) in [5.41, 5.74) is -0.876. The molecule has 1 atom stereocenters. The summed E-state index contributed by atoms with van der Waals surface area (Å²) in [4.78, 5) is 12.2. The van der Waals surface area contributed by atoms with Gasteiger partial charge in [0.2, 0.25) is 0 Å². The quantitative estimate of drug-likeness (QED) is 0.258. The van der Waals surface area contributed by atoms with Gasteiger partial charge in [-0.05, 0) is 37.5 Å². The summed E-state index contributed by atoms with van der Waals surface area (Å²) in [6.45, 7) is 4.14. The van der Waals surface area contributed by atoms with Crippen LogP contribution in [0.2, 0.25) is 0 Å². The number of halogens is 3. The molecule has 0 aliphatic carbocycles. The molecule has 0 radical (unpaired) electrons. The summed E-state index contributed by atoms with van der Waals surface area (Å²) < 4.78 is 43.7. The molecule has 1 unspecified atom stereocenters. The Labute approximate surface area is 161 Å². The predicted octanol–water partition coefficient (Wildman–Crippen LogP) is 7.56. The molecule has 0 saturated heterocycles. The smallest absolute Gasteiger partial charge is 0.416 e. The topological polar surface area (TPSA) is 26.3 Å². The molecule has 0 amide bonds. The Kier molecular flexibility index (Phi) is 11.1. The van der Waals surface area contributed by atoms with Crippen LogP contribution in [0, 0.1) is 0 Å². The average Bonchev–Trinajstić information content (AvgIpc) is 2.65. The van der Waals surface area contributed by atoms with Crippen LogP contribution in [0.4, 0.5) is 13.2 Å². The number of esters is 1. The van der Waals surface area contributed by atoms with Crippen molar-refractivity contribution in [2.45, 2.75) is 96.8 Å². The van der Waals surface area contributed by atoms with Gasteiger partial charge in [-0.25, -0.2) is 4.79 Å². The van der Waals surface area contributed by atoms with Gasteiger partial charge in [0, 0.05) is 0 Å². The van der Waals surface area contributed by atoms with E-state index >= 15 is 0 Å². The fourth-order valence-corrected chi connectivity index (χ4v) is 3.07. The molecular weight excluding hydrogens is 353 g/mol.